The van der Waals surface area contributed by atoms with E-state index in [1.54, 1.807) is 23.3 Å². The largest absolute Gasteiger partial charge is 0.305 e. The maximum Gasteiger partial charge on any atom is 0.293 e. The summed E-state index contributed by atoms with van der Waals surface area (Å²) in [7, 11) is 1.76. The molecular formula is C10H8BrNOS. The molecule has 1 amide bonds. The van der Waals surface area contributed by atoms with E-state index in [0.717, 1.165) is 11.1 Å². The molecule has 1 aromatic heterocycles. The molecule has 72 valence electrons. The number of hydrogen-bond donors (Lipinski definition) is 0. The molecule has 14 heavy (non-hydrogen) atoms. The molecule has 2 nitrogen and oxygen atoms in total. The van der Waals surface area contributed by atoms with E-state index in [1.807, 2.05) is 23.6 Å². The molecule has 2 aromatic rings. The summed E-state index contributed by atoms with van der Waals surface area (Å²) in [6.07, 6.45) is 0. The van der Waals surface area contributed by atoms with Gasteiger partial charge in [0, 0.05) is 38.4 Å². The summed E-state index contributed by atoms with van der Waals surface area (Å²) >= 11 is 4.58. The second kappa shape index (κ2) is 3.71. The van der Waals surface area contributed by atoms with Gasteiger partial charge >= 0.3 is 0 Å². The molecule has 0 saturated carbocycles. The second-order valence-electron chi connectivity index (χ2n) is 2.93. The number of halogens is 1. The van der Waals surface area contributed by atoms with Gasteiger partial charge in [-0.3, -0.25) is 4.79 Å². The van der Waals surface area contributed by atoms with Gasteiger partial charge in [0.25, 0.3) is 4.82 Å². The van der Waals surface area contributed by atoms with Gasteiger partial charge in [0.2, 0.25) is 0 Å². The maximum atomic E-state index is 11.1. The van der Waals surface area contributed by atoms with Crippen LogP contribution in [-0.4, -0.2) is 11.9 Å². The van der Waals surface area contributed by atoms with E-state index in [2.05, 4.69) is 22.0 Å². The Morgan fingerprint density at radius 2 is 2.14 bits per heavy atom. The number of rotatable bonds is 1. The number of fused-ring (bicyclic) bond motifs is 1. The van der Waals surface area contributed by atoms with Crippen LogP contribution in [0, 0.1) is 0 Å². The zero-order chi connectivity index (χ0) is 10.1. The highest BCUT2D eigenvalue weighted by Gasteiger charge is 2.11. The predicted octanol–water partition coefficient (Wildman–Crippen LogP) is 3.85. The van der Waals surface area contributed by atoms with Gasteiger partial charge in [-0.2, -0.15) is 0 Å². The van der Waals surface area contributed by atoms with Crippen molar-refractivity contribution in [2.75, 3.05) is 11.9 Å². The van der Waals surface area contributed by atoms with Crippen LogP contribution in [0.5, 0.6) is 0 Å². The van der Waals surface area contributed by atoms with Crippen molar-refractivity contribution in [1.29, 1.82) is 0 Å². The number of amides is 1. The molecule has 0 spiro atoms. The third kappa shape index (κ3) is 1.55. The van der Waals surface area contributed by atoms with Crippen LogP contribution in [0.3, 0.4) is 0 Å². The number of carbonyl (C=O) groups excluding carboxylic acids is 1. The summed E-state index contributed by atoms with van der Waals surface area (Å²) in [6, 6.07) is 8.05. The van der Waals surface area contributed by atoms with Crippen molar-refractivity contribution in [3.05, 3.63) is 29.6 Å². The van der Waals surface area contributed by atoms with Crippen molar-refractivity contribution in [1.82, 2.24) is 0 Å². The molecule has 0 unspecified atom stereocenters. The first kappa shape index (κ1) is 9.68. The number of nitrogens with zero attached hydrogens (tertiary/aromatic N) is 1. The first-order chi connectivity index (χ1) is 6.70. The van der Waals surface area contributed by atoms with Crippen molar-refractivity contribution in [2.24, 2.45) is 0 Å². The lowest BCUT2D eigenvalue weighted by Crippen LogP contribution is -2.18. The van der Waals surface area contributed by atoms with Crippen LogP contribution >= 0.6 is 27.3 Å². The molecule has 0 aliphatic rings. The van der Waals surface area contributed by atoms with E-state index < -0.39 is 0 Å². The normalized spacial score (nSPS) is 10.4. The summed E-state index contributed by atoms with van der Waals surface area (Å²) in [6.45, 7) is 0. The first-order valence-corrected chi connectivity index (χ1v) is 5.77. The molecular weight excluding hydrogens is 262 g/mol. The van der Waals surface area contributed by atoms with E-state index in [1.165, 1.54) is 4.70 Å². The molecule has 2 rings (SSSR count). The van der Waals surface area contributed by atoms with Gasteiger partial charge in [0.15, 0.2) is 0 Å². The topological polar surface area (TPSA) is 20.3 Å². The van der Waals surface area contributed by atoms with Crippen LogP contribution in [-0.2, 0) is 0 Å². The van der Waals surface area contributed by atoms with Gasteiger partial charge in [-0.1, -0.05) is 18.2 Å². The fourth-order valence-electron chi connectivity index (χ4n) is 1.32. The van der Waals surface area contributed by atoms with Crippen LogP contribution in [0.25, 0.3) is 10.1 Å². The molecule has 0 aliphatic heterocycles. The van der Waals surface area contributed by atoms with Crippen molar-refractivity contribution < 1.29 is 4.79 Å². The molecule has 0 N–H and O–H groups in total. The molecule has 0 saturated heterocycles. The quantitative estimate of drug-likeness (QED) is 0.569. The van der Waals surface area contributed by atoms with Crippen LogP contribution < -0.4 is 4.90 Å². The van der Waals surface area contributed by atoms with Gasteiger partial charge in [0.05, 0.1) is 5.69 Å². The maximum absolute atomic E-state index is 11.1. The van der Waals surface area contributed by atoms with Crippen LogP contribution in [0.1, 0.15) is 0 Å². The second-order valence-corrected chi connectivity index (χ2v) is 4.52. The summed E-state index contributed by atoms with van der Waals surface area (Å²) in [4.78, 5) is 12.6. The smallest absolute Gasteiger partial charge is 0.293 e. The Morgan fingerprint density at radius 3 is 2.86 bits per heavy atom. The molecule has 0 atom stereocenters. The number of hydrogen-bond acceptors (Lipinski definition) is 2. The van der Waals surface area contributed by atoms with E-state index in [-0.39, 0.29) is 4.82 Å². The Kier molecular flexibility index (Phi) is 2.56. The standard InChI is InChI=1S/C10H8BrNOS/c1-12(10(11)13)8-6-14-9-5-3-2-4-7(8)9/h2-6H,1H3. The summed E-state index contributed by atoms with van der Waals surface area (Å²) in [5.74, 6) is 0. The molecule has 1 aromatic carbocycles. The lowest BCUT2D eigenvalue weighted by atomic mass is 10.2. The number of thiophene rings is 1. The van der Waals surface area contributed by atoms with Crippen LogP contribution in [0.15, 0.2) is 29.6 Å². The average molecular weight is 270 g/mol. The molecule has 0 radical (unpaired) electrons. The lowest BCUT2D eigenvalue weighted by molar-refractivity contribution is 0.267. The Labute approximate surface area is 94.3 Å². The van der Waals surface area contributed by atoms with E-state index >= 15 is 0 Å². The third-order valence-electron chi connectivity index (χ3n) is 2.09. The number of benzene rings is 1. The van der Waals surface area contributed by atoms with Crippen molar-refractivity contribution in [3.63, 3.8) is 0 Å². The van der Waals surface area contributed by atoms with Crippen LogP contribution in [0.4, 0.5) is 10.5 Å². The minimum absolute atomic E-state index is 0.124. The van der Waals surface area contributed by atoms with Gasteiger partial charge < -0.3 is 4.90 Å². The Morgan fingerprint density at radius 1 is 1.43 bits per heavy atom. The summed E-state index contributed by atoms with van der Waals surface area (Å²) in [5, 5.41) is 3.11. The molecule has 0 bridgehead atoms. The molecule has 4 heteroatoms. The molecule has 0 fully saturated rings. The van der Waals surface area contributed by atoms with Gasteiger partial charge in [-0.15, -0.1) is 11.3 Å². The highest BCUT2D eigenvalue weighted by molar-refractivity contribution is 9.18. The first-order valence-electron chi connectivity index (χ1n) is 4.09. The van der Waals surface area contributed by atoms with E-state index in [4.69, 9.17) is 0 Å². The van der Waals surface area contributed by atoms with Gasteiger partial charge in [-0.05, 0) is 6.07 Å². The Hall–Kier alpha value is -0.870. The number of anilines is 1. The number of carbonyl (C=O) groups is 1. The van der Waals surface area contributed by atoms with Crippen molar-refractivity contribution in [3.8, 4) is 0 Å². The third-order valence-corrected chi connectivity index (χ3v) is 3.57. The summed E-state index contributed by atoms with van der Waals surface area (Å²) in [5.41, 5.74) is 0.951. The minimum Gasteiger partial charge on any atom is -0.305 e. The Balaban J connectivity index is 2.58. The van der Waals surface area contributed by atoms with Crippen molar-refractivity contribution >= 4 is 47.9 Å². The van der Waals surface area contributed by atoms with Crippen LogP contribution in [0.2, 0.25) is 0 Å². The Bertz CT molecular complexity index is 480. The minimum atomic E-state index is -0.124. The monoisotopic (exact) mass is 269 g/mol. The molecule has 1 heterocycles. The predicted molar refractivity (Wildman–Crippen MR) is 64.6 cm³/mol. The average Bonchev–Trinajstić information content (AvgIpc) is 2.60. The zero-order valence-corrected chi connectivity index (χ0v) is 9.93. The van der Waals surface area contributed by atoms with Gasteiger partial charge in [0.1, 0.15) is 0 Å². The lowest BCUT2D eigenvalue weighted by Gasteiger charge is -2.11. The fourth-order valence-corrected chi connectivity index (χ4v) is 2.49. The SMILES string of the molecule is CN(C(=O)Br)c1csc2ccccc12. The highest BCUT2D eigenvalue weighted by Crippen LogP contribution is 2.32. The molecule has 0 aliphatic carbocycles. The summed E-state index contributed by atoms with van der Waals surface area (Å²) < 4.78 is 1.20. The van der Waals surface area contributed by atoms with E-state index in [0.29, 0.717) is 0 Å². The van der Waals surface area contributed by atoms with E-state index in [9.17, 15) is 4.79 Å². The van der Waals surface area contributed by atoms with Crippen molar-refractivity contribution in [2.45, 2.75) is 0 Å². The fraction of sp³-hybridized carbons (Fsp3) is 0.100. The zero-order valence-electron chi connectivity index (χ0n) is 7.53. The van der Waals surface area contributed by atoms with Gasteiger partial charge in [-0.25, -0.2) is 0 Å². The highest BCUT2D eigenvalue weighted by atomic mass is 79.9.